The van der Waals surface area contributed by atoms with Gasteiger partial charge in [0.15, 0.2) is 0 Å². The number of aromatic nitrogens is 2. The van der Waals surface area contributed by atoms with Crippen LogP contribution in [0.4, 0.5) is 11.5 Å². The lowest BCUT2D eigenvalue weighted by Crippen LogP contribution is -2.27. The van der Waals surface area contributed by atoms with E-state index >= 15 is 0 Å². The van der Waals surface area contributed by atoms with Crippen molar-refractivity contribution in [1.82, 2.24) is 15.3 Å². The minimum atomic E-state index is -0.222. The molecule has 2 fully saturated rings. The van der Waals surface area contributed by atoms with Gasteiger partial charge in [-0.2, -0.15) is 0 Å². The number of rotatable bonds is 3. The first-order chi connectivity index (χ1) is 12.1. The van der Waals surface area contributed by atoms with E-state index < -0.39 is 0 Å². The fraction of sp³-hybridized carbons (Fsp3) is 0.421. The summed E-state index contributed by atoms with van der Waals surface area (Å²) in [6, 6.07) is 5.99. The van der Waals surface area contributed by atoms with Gasteiger partial charge in [-0.3, -0.25) is 9.78 Å². The van der Waals surface area contributed by atoms with Crippen LogP contribution in [0.2, 0.25) is 0 Å². The smallest absolute Gasteiger partial charge is 0.275 e. The molecule has 1 aromatic carbocycles. The maximum absolute atomic E-state index is 12.6. The van der Waals surface area contributed by atoms with E-state index in [9.17, 15) is 4.79 Å². The molecule has 0 spiro atoms. The molecule has 0 radical (unpaired) electrons. The maximum Gasteiger partial charge on any atom is 0.275 e. The minimum Gasteiger partial charge on any atom is -0.355 e. The number of nitrogens with zero attached hydrogens (tertiary/aromatic N) is 3. The molecule has 4 rings (SSSR count). The number of benzene rings is 1. The van der Waals surface area contributed by atoms with Crippen LogP contribution in [0.5, 0.6) is 0 Å². The van der Waals surface area contributed by atoms with E-state index in [2.05, 4.69) is 31.6 Å². The summed E-state index contributed by atoms with van der Waals surface area (Å²) in [5.74, 6) is 1.92. The summed E-state index contributed by atoms with van der Waals surface area (Å²) in [6.07, 6.45) is 3.28. The summed E-state index contributed by atoms with van der Waals surface area (Å²) in [5.41, 5.74) is 3.38. The molecule has 0 bridgehead atoms. The Kier molecular flexibility index (Phi) is 4.13. The zero-order valence-corrected chi connectivity index (χ0v) is 14.6. The Balaban J connectivity index is 1.50. The molecule has 2 N–H and O–H groups in total. The van der Waals surface area contributed by atoms with Crippen molar-refractivity contribution < 1.29 is 4.79 Å². The second-order valence-electron chi connectivity index (χ2n) is 7.18. The van der Waals surface area contributed by atoms with E-state index in [0.29, 0.717) is 17.5 Å². The van der Waals surface area contributed by atoms with Crippen LogP contribution in [-0.4, -0.2) is 42.1 Å². The molecule has 0 unspecified atom stereocenters. The van der Waals surface area contributed by atoms with Gasteiger partial charge in [0.05, 0.1) is 12.4 Å². The van der Waals surface area contributed by atoms with Crippen molar-refractivity contribution in [2.75, 3.05) is 36.4 Å². The van der Waals surface area contributed by atoms with Gasteiger partial charge in [0.1, 0.15) is 11.5 Å². The van der Waals surface area contributed by atoms with E-state index in [-0.39, 0.29) is 5.91 Å². The number of amides is 1. The van der Waals surface area contributed by atoms with E-state index in [1.54, 1.807) is 6.20 Å². The lowest BCUT2D eigenvalue weighted by atomic mass is 10.0. The summed E-state index contributed by atoms with van der Waals surface area (Å²) < 4.78 is 0. The van der Waals surface area contributed by atoms with Gasteiger partial charge in [-0.15, -0.1) is 0 Å². The summed E-state index contributed by atoms with van der Waals surface area (Å²) in [6.45, 7) is 8.14. The Morgan fingerprint density at radius 2 is 1.80 bits per heavy atom. The van der Waals surface area contributed by atoms with Crippen LogP contribution < -0.4 is 15.5 Å². The van der Waals surface area contributed by atoms with Gasteiger partial charge in [-0.1, -0.05) is 6.07 Å². The van der Waals surface area contributed by atoms with Crippen molar-refractivity contribution in [3.8, 4) is 0 Å². The van der Waals surface area contributed by atoms with Crippen molar-refractivity contribution in [1.29, 1.82) is 0 Å². The van der Waals surface area contributed by atoms with Gasteiger partial charge < -0.3 is 15.5 Å². The summed E-state index contributed by atoms with van der Waals surface area (Å²) in [7, 11) is 0. The monoisotopic (exact) mass is 337 g/mol. The molecule has 6 heteroatoms. The van der Waals surface area contributed by atoms with Crippen molar-refractivity contribution >= 4 is 17.4 Å². The topological polar surface area (TPSA) is 70.2 Å². The molecule has 25 heavy (non-hydrogen) atoms. The van der Waals surface area contributed by atoms with Crippen LogP contribution in [0, 0.1) is 25.7 Å². The molecule has 3 heterocycles. The first-order valence-corrected chi connectivity index (χ1v) is 8.76. The molecule has 1 aromatic heterocycles. The van der Waals surface area contributed by atoms with Gasteiger partial charge in [0.2, 0.25) is 0 Å². The van der Waals surface area contributed by atoms with Crippen LogP contribution >= 0.6 is 0 Å². The van der Waals surface area contributed by atoms with Gasteiger partial charge >= 0.3 is 0 Å². The second kappa shape index (κ2) is 6.44. The molecular weight excluding hydrogens is 314 g/mol. The minimum absolute atomic E-state index is 0.222. The summed E-state index contributed by atoms with van der Waals surface area (Å²) >= 11 is 0. The van der Waals surface area contributed by atoms with Crippen LogP contribution in [0.25, 0.3) is 0 Å². The van der Waals surface area contributed by atoms with E-state index in [1.165, 1.54) is 6.20 Å². The lowest BCUT2D eigenvalue weighted by molar-refractivity contribution is 0.102. The van der Waals surface area contributed by atoms with Crippen molar-refractivity contribution in [3.05, 3.63) is 47.4 Å². The molecule has 0 saturated carbocycles. The summed E-state index contributed by atoms with van der Waals surface area (Å²) in [5, 5.41) is 6.36. The first kappa shape index (κ1) is 16.0. The first-order valence-electron chi connectivity index (χ1n) is 8.76. The van der Waals surface area contributed by atoms with Crippen molar-refractivity contribution in [2.24, 2.45) is 11.8 Å². The highest BCUT2D eigenvalue weighted by atomic mass is 16.1. The number of aryl methyl sites for hydroxylation is 2. The Hall–Kier alpha value is -2.47. The maximum atomic E-state index is 12.6. The van der Waals surface area contributed by atoms with Crippen molar-refractivity contribution in [3.63, 3.8) is 0 Å². The van der Waals surface area contributed by atoms with Gasteiger partial charge in [-0.05, 0) is 48.9 Å². The third kappa shape index (κ3) is 3.35. The lowest BCUT2D eigenvalue weighted by Gasteiger charge is -2.18. The quantitative estimate of drug-likeness (QED) is 0.896. The Bertz CT molecular complexity index is 774. The van der Waals surface area contributed by atoms with E-state index in [1.807, 2.05) is 26.0 Å². The normalized spacial score (nSPS) is 22.1. The molecule has 2 atom stereocenters. The molecular formula is C19H23N5O. The van der Waals surface area contributed by atoms with E-state index in [0.717, 1.165) is 48.8 Å². The SMILES string of the molecule is Cc1cc(C)cc(NC(=O)c2cncc(N3C[C@H]4CNC[C@H]4C3)n2)c1. The van der Waals surface area contributed by atoms with Crippen LogP contribution in [0.15, 0.2) is 30.6 Å². The molecule has 2 saturated heterocycles. The average Bonchev–Trinajstić information content (AvgIpc) is 3.15. The largest absolute Gasteiger partial charge is 0.355 e. The fourth-order valence-corrected chi connectivity index (χ4v) is 3.90. The standard InChI is InChI=1S/C19H23N5O/c1-12-3-13(2)5-16(4-12)22-19(25)17-8-21-9-18(23-17)24-10-14-6-20-7-15(14)11-24/h3-5,8-9,14-15,20H,6-7,10-11H2,1-2H3,(H,22,25)/t14-,15+. The predicted molar refractivity (Wildman–Crippen MR) is 98.0 cm³/mol. The highest BCUT2D eigenvalue weighted by Gasteiger charge is 2.36. The van der Waals surface area contributed by atoms with Crippen LogP contribution in [-0.2, 0) is 0 Å². The second-order valence-corrected chi connectivity index (χ2v) is 7.18. The Morgan fingerprint density at radius 1 is 1.12 bits per heavy atom. The zero-order chi connectivity index (χ0) is 17.4. The fourth-order valence-electron chi connectivity index (χ4n) is 3.90. The number of carbonyl (C=O) groups excluding carboxylic acids is 1. The van der Waals surface area contributed by atoms with E-state index in [4.69, 9.17) is 0 Å². The average molecular weight is 337 g/mol. The summed E-state index contributed by atoms with van der Waals surface area (Å²) in [4.78, 5) is 23.6. The molecule has 130 valence electrons. The number of anilines is 2. The number of hydrogen-bond donors (Lipinski definition) is 2. The molecule has 2 aliphatic heterocycles. The third-order valence-electron chi connectivity index (χ3n) is 5.05. The zero-order valence-electron chi connectivity index (χ0n) is 14.6. The highest BCUT2D eigenvalue weighted by Crippen LogP contribution is 2.29. The number of hydrogen-bond acceptors (Lipinski definition) is 5. The molecule has 2 aromatic rings. The Morgan fingerprint density at radius 3 is 2.48 bits per heavy atom. The van der Waals surface area contributed by atoms with Crippen LogP contribution in [0.3, 0.4) is 0 Å². The van der Waals surface area contributed by atoms with Gasteiger partial charge in [0.25, 0.3) is 5.91 Å². The molecule has 0 aliphatic carbocycles. The highest BCUT2D eigenvalue weighted by molar-refractivity contribution is 6.02. The van der Waals surface area contributed by atoms with Gasteiger partial charge in [0, 0.05) is 31.9 Å². The Labute approximate surface area is 147 Å². The predicted octanol–water partition coefficient (Wildman–Crippen LogP) is 2.00. The number of carbonyl (C=O) groups is 1. The number of fused-ring (bicyclic) bond motifs is 1. The molecule has 1 amide bonds. The number of nitrogens with one attached hydrogen (secondary N) is 2. The van der Waals surface area contributed by atoms with Crippen molar-refractivity contribution in [2.45, 2.75) is 13.8 Å². The van der Waals surface area contributed by atoms with Crippen LogP contribution in [0.1, 0.15) is 21.6 Å². The van der Waals surface area contributed by atoms with Gasteiger partial charge in [-0.25, -0.2) is 4.98 Å². The third-order valence-corrected chi connectivity index (χ3v) is 5.05. The molecule has 2 aliphatic rings. The molecule has 6 nitrogen and oxygen atoms in total.